The highest BCUT2D eigenvalue weighted by Crippen LogP contribution is 2.23. The molecule has 0 heterocycles. The largest absolute Gasteiger partial charge is 0.496 e. The molecule has 0 bridgehead atoms. The van der Waals surface area contributed by atoms with Crippen molar-refractivity contribution in [3.8, 4) is 5.75 Å². The van der Waals surface area contributed by atoms with Crippen LogP contribution in [0.1, 0.15) is 15.9 Å². The first-order valence-electron chi connectivity index (χ1n) is 8.59. The summed E-state index contributed by atoms with van der Waals surface area (Å²) in [5.41, 5.74) is 6.37. The van der Waals surface area contributed by atoms with Crippen molar-refractivity contribution < 1.29 is 22.7 Å². The Morgan fingerprint density at radius 1 is 1.21 bits per heavy atom. The van der Waals surface area contributed by atoms with E-state index in [9.17, 15) is 18.0 Å². The lowest BCUT2D eigenvalue weighted by atomic mass is 10.1. The Morgan fingerprint density at radius 3 is 2.54 bits per heavy atom. The zero-order valence-corrected chi connectivity index (χ0v) is 16.2. The van der Waals surface area contributed by atoms with E-state index in [1.54, 1.807) is 0 Å². The van der Waals surface area contributed by atoms with Gasteiger partial charge in [-0.1, -0.05) is 30.3 Å². The molecule has 1 unspecified atom stereocenters. The van der Waals surface area contributed by atoms with Gasteiger partial charge < -0.3 is 20.6 Å². The second-order valence-electron chi connectivity index (χ2n) is 5.96. The molecule has 8 nitrogen and oxygen atoms in total. The van der Waals surface area contributed by atoms with Crippen molar-refractivity contribution in [1.29, 1.82) is 0 Å². The number of hydrogen-bond acceptors (Lipinski definition) is 6. The van der Waals surface area contributed by atoms with Crippen LogP contribution >= 0.6 is 0 Å². The maximum Gasteiger partial charge on any atom is 0.255 e. The van der Waals surface area contributed by atoms with E-state index in [0.29, 0.717) is 6.29 Å². The minimum atomic E-state index is -4.00. The van der Waals surface area contributed by atoms with Crippen LogP contribution in [-0.2, 0) is 21.2 Å². The molecule has 1 atom stereocenters. The molecule has 0 aliphatic carbocycles. The number of amides is 1. The van der Waals surface area contributed by atoms with E-state index in [1.807, 2.05) is 30.3 Å². The maximum absolute atomic E-state index is 12.7. The van der Waals surface area contributed by atoms with Crippen LogP contribution in [0.25, 0.3) is 0 Å². The van der Waals surface area contributed by atoms with Gasteiger partial charge in [-0.3, -0.25) is 4.79 Å². The van der Waals surface area contributed by atoms with Crippen molar-refractivity contribution in [2.24, 2.45) is 5.73 Å². The summed E-state index contributed by atoms with van der Waals surface area (Å²) in [5, 5.41) is 2.59. The van der Waals surface area contributed by atoms with Crippen LogP contribution in [-0.4, -0.2) is 46.9 Å². The highest BCUT2D eigenvalue weighted by molar-refractivity contribution is 7.89. The van der Waals surface area contributed by atoms with Crippen molar-refractivity contribution in [1.82, 2.24) is 10.0 Å². The van der Waals surface area contributed by atoms with E-state index in [4.69, 9.17) is 10.5 Å². The van der Waals surface area contributed by atoms with Crippen molar-refractivity contribution in [3.05, 3.63) is 59.7 Å². The van der Waals surface area contributed by atoms with E-state index in [-0.39, 0.29) is 35.7 Å². The van der Waals surface area contributed by atoms with Gasteiger partial charge in [0, 0.05) is 19.2 Å². The molecule has 2 aromatic carbocycles. The number of sulfonamides is 1. The van der Waals surface area contributed by atoms with E-state index in [0.717, 1.165) is 5.56 Å². The maximum atomic E-state index is 12.7. The summed E-state index contributed by atoms with van der Waals surface area (Å²) in [5.74, 6) is -0.322. The van der Waals surface area contributed by atoms with E-state index in [1.165, 1.54) is 25.3 Å². The topological polar surface area (TPSA) is 128 Å². The number of nitrogens with two attached hydrogens (primary N) is 1. The first-order valence-corrected chi connectivity index (χ1v) is 10.1. The lowest BCUT2D eigenvalue weighted by Gasteiger charge is -2.15. The van der Waals surface area contributed by atoms with Crippen LogP contribution in [0.4, 0.5) is 0 Å². The first kappa shape index (κ1) is 21.5. The molecule has 2 aromatic rings. The standard InChI is InChI=1S/C19H23N3O5S/c1-27-18-12-16(7-8-17(18)19(24)21-10-9-20)28(25,26)22-15(13-23)11-14-5-3-2-4-6-14/h2-8,12-13,15,22H,9-11,20H2,1H3,(H,21,24). The number of methoxy groups -OCH3 is 1. The summed E-state index contributed by atoms with van der Waals surface area (Å²) in [6.07, 6.45) is 0.775. The van der Waals surface area contributed by atoms with Gasteiger partial charge in [-0.25, -0.2) is 13.1 Å². The van der Waals surface area contributed by atoms with Crippen LogP contribution < -0.4 is 20.5 Å². The first-order chi connectivity index (χ1) is 13.4. The van der Waals surface area contributed by atoms with E-state index >= 15 is 0 Å². The van der Waals surface area contributed by atoms with Gasteiger partial charge in [0.15, 0.2) is 0 Å². The third-order valence-electron chi connectivity index (χ3n) is 3.93. The zero-order valence-electron chi connectivity index (χ0n) is 15.4. The average Bonchev–Trinajstić information content (AvgIpc) is 2.71. The van der Waals surface area contributed by atoms with Crippen LogP contribution in [0.5, 0.6) is 5.75 Å². The highest BCUT2D eigenvalue weighted by atomic mass is 32.2. The molecule has 0 saturated heterocycles. The molecule has 0 aliphatic rings. The Kier molecular flexibility index (Phi) is 7.68. The van der Waals surface area contributed by atoms with Gasteiger partial charge >= 0.3 is 0 Å². The van der Waals surface area contributed by atoms with Crippen molar-refractivity contribution in [2.45, 2.75) is 17.4 Å². The van der Waals surface area contributed by atoms with Crippen molar-refractivity contribution in [2.75, 3.05) is 20.2 Å². The molecule has 0 fully saturated rings. The molecule has 0 spiro atoms. The van der Waals surface area contributed by atoms with Gasteiger partial charge in [-0.05, 0) is 24.1 Å². The van der Waals surface area contributed by atoms with Gasteiger partial charge in [0.1, 0.15) is 12.0 Å². The molecule has 0 radical (unpaired) electrons. The van der Waals surface area contributed by atoms with Gasteiger partial charge in [0.25, 0.3) is 5.91 Å². The summed E-state index contributed by atoms with van der Waals surface area (Å²) < 4.78 is 32.9. The molecule has 0 aliphatic heterocycles. The second kappa shape index (κ2) is 9.98. The zero-order chi connectivity index (χ0) is 20.6. The smallest absolute Gasteiger partial charge is 0.255 e. The van der Waals surface area contributed by atoms with Gasteiger partial charge in [0.2, 0.25) is 10.0 Å². The molecule has 2 rings (SSSR count). The van der Waals surface area contributed by atoms with Gasteiger partial charge in [0.05, 0.1) is 23.6 Å². The minimum absolute atomic E-state index is 0.100. The fourth-order valence-corrected chi connectivity index (χ4v) is 3.74. The number of hydrogen-bond donors (Lipinski definition) is 3. The fraction of sp³-hybridized carbons (Fsp3) is 0.263. The van der Waals surface area contributed by atoms with Crippen LogP contribution in [0.3, 0.4) is 0 Å². The second-order valence-corrected chi connectivity index (χ2v) is 7.67. The molecule has 28 heavy (non-hydrogen) atoms. The van der Waals surface area contributed by atoms with E-state index in [2.05, 4.69) is 10.0 Å². The Labute approximate surface area is 164 Å². The minimum Gasteiger partial charge on any atom is -0.496 e. The molecule has 0 saturated carbocycles. The quantitative estimate of drug-likeness (QED) is 0.493. The molecule has 4 N–H and O–H groups in total. The van der Waals surface area contributed by atoms with Gasteiger partial charge in [-0.15, -0.1) is 0 Å². The lowest BCUT2D eigenvalue weighted by Crippen LogP contribution is -2.37. The number of carbonyl (C=O) groups is 2. The molecule has 0 aromatic heterocycles. The number of benzene rings is 2. The predicted molar refractivity (Wildman–Crippen MR) is 105 cm³/mol. The third kappa shape index (κ3) is 5.62. The lowest BCUT2D eigenvalue weighted by molar-refractivity contribution is -0.109. The van der Waals surface area contributed by atoms with Crippen molar-refractivity contribution in [3.63, 3.8) is 0 Å². The summed E-state index contributed by atoms with van der Waals surface area (Å²) in [6.45, 7) is 0.559. The number of nitrogens with one attached hydrogen (secondary N) is 2. The molecular formula is C19H23N3O5S. The molecule has 150 valence electrons. The van der Waals surface area contributed by atoms with Crippen LogP contribution in [0.2, 0.25) is 0 Å². The normalized spacial score (nSPS) is 12.2. The Bertz CT molecular complexity index is 916. The average molecular weight is 405 g/mol. The SMILES string of the molecule is COc1cc(S(=O)(=O)NC(C=O)Cc2ccccc2)ccc1C(=O)NCCN. The Hall–Kier alpha value is -2.75. The van der Waals surface area contributed by atoms with Crippen LogP contribution in [0, 0.1) is 0 Å². The Morgan fingerprint density at radius 2 is 1.93 bits per heavy atom. The third-order valence-corrected chi connectivity index (χ3v) is 5.41. The highest BCUT2D eigenvalue weighted by Gasteiger charge is 2.22. The number of carbonyl (C=O) groups excluding carboxylic acids is 2. The number of rotatable bonds is 10. The predicted octanol–water partition coefficient (Wildman–Crippen LogP) is 0.472. The van der Waals surface area contributed by atoms with Gasteiger partial charge in [-0.2, -0.15) is 0 Å². The van der Waals surface area contributed by atoms with Crippen LogP contribution in [0.15, 0.2) is 53.4 Å². The molecule has 9 heteroatoms. The summed E-state index contributed by atoms with van der Waals surface area (Å²) in [4.78, 5) is 23.4. The monoisotopic (exact) mass is 405 g/mol. The van der Waals surface area contributed by atoms with E-state index < -0.39 is 22.0 Å². The number of aldehydes is 1. The molecule has 1 amide bonds. The fourth-order valence-electron chi connectivity index (χ4n) is 2.56. The van der Waals surface area contributed by atoms with Crippen molar-refractivity contribution >= 4 is 22.2 Å². The molecular weight excluding hydrogens is 382 g/mol. The summed E-state index contributed by atoms with van der Waals surface area (Å²) in [6, 6.07) is 12.0. The Balaban J connectivity index is 2.22. The number of ether oxygens (including phenoxy) is 1. The summed E-state index contributed by atoms with van der Waals surface area (Å²) in [7, 11) is -2.66. The summed E-state index contributed by atoms with van der Waals surface area (Å²) >= 11 is 0.